The van der Waals surface area contributed by atoms with Crippen molar-refractivity contribution in [2.75, 3.05) is 25.1 Å². The van der Waals surface area contributed by atoms with Gasteiger partial charge < -0.3 is 20.1 Å². The number of hydrogen-bond acceptors (Lipinski definition) is 5. The van der Waals surface area contributed by atoms with E-state index in [1.807, 2.05) is 13.8 Å². The fourth-order valence-corrected chi connectivity index (χ4v) is 3.27. The molecule has 8 heteroatoms. The summed E-state index contributed by atoms with van der Waals surface area (Å²) in [5.74, 6) is 0.334. The number of amides is 4. The van der Waals surface area contributed by atoms with Gasteiger partial charge >= 0.3 is 6.03 Å². The molecule has 0 bridgehead atoms. The lowest BCUT2D eigenvalue weighted by Crippen LogP contribution is -2.42. The smallest absolute Gasteiger partial charge is 0.325 e. The van der Waals surface area contributed by atoms with Gasteiger partial charge in [-0.25, -0.2) is 4.79 Å². The van der Waals surface area contributed by atoms with Gasteiger partial charge in [-0.05, 0) is 68.3 Å². The number of ether oxygens (including phenoxy) is 2. The molecule has 1 heterocycles. The molecule has 1 fully saturated rings. The van der Waals surface area contributed by atoms with E-state index in [0.717, 1.165) is 10.5 Å². The number of nitrogens with one attached hydrogen (secondary N) is 2. The third kappa shape index (κ3) is 5.08. The SMILES string of the molecule is C=C(C)COc1ccc(C2(C)NC(=O)N(CC(=O)Nc3ccc(OCC)cc3)C2=O)cc1. The van der Waals surface area contributed by atoms with E-state index < -0.39 is 29.9 Å². The van der Waals surface area contributed by atoms with Crippen molar-refractivity contribution in [3.63, 3.8) is 0 Å². The van der Waals surface area contributed by atoms with Crippen molar-refractivity contribution in [1.82, 2.24) is 10.2 Å². The Kier molecular flexibility index (Phi) is 6.82. The summed E-state index contributed by atoms with van der Waals surface area (Å²) in [6, 6.07) is 13.1. The Bertz CT molecular complexity index is 1020. The molecule has 1 unspecified atom stereocenters. The molecular formula is C24H27N3O5. The van der Waals surface area contributed by atoms with E-state index >= 15 is 0 Å². The average Bonchev–Trinajstić information content (AvgIpc) is 2.98. The van der Waals surface area contributed by atoms with Gasteiger partial charge in [0.05, 0.1) is 6.61 Å². The Morgan fingerprint density at radius 3 is 2.25 bits per heavy atom. The Balaban J connectivity index is 1.65. The fourth-order valence-electron chi connectivity index (χ4n) is 3.27. The molecule has 0 radical (unpaired) electrons. The summed E-state index contributed by atoms with van der Waals surface area (Å²) < 4.78 is 10.9. The van der Waals surface area contributed by atoms with Gasteiger partial charge in [0.25, 0.3) is 5.91 Å². The maximum atomic E-state index is 13.0. The highest BCUT2D eigenvalue weighted by molar-refractivity contribution is 6.10. The third-order valence-electron chi connectivity index (χ3n) is 4.94. The first-order chi connectivity index (χ1) is 15.2. The summed E-state index contributed by atoms with van der Waals surface area (Å²) in [5.41, 5.74) is 0.744. The lowest BCUT2D eigenvalue weighted by molar-refractivity contribution is -0.133. The quantitative estimate of drug-likeness (QED) is 0.463. The largest absolute Gasteiger partial charge is 0.494 e. The lowest BCUT2D eigenvalue weighted by atomic mass is 9.92. The summed E-state index contributed by atoms with van der Waals surface area (Å²) >= 11 is 0. The maximum absolute atomic E-state index is 13.0. The molecule has 4 amide bonds. The number of benzene rings is 2. The minimum Gasteiger partial charge on any atom is -0.494 e. The lowest BCUT2D eigenvalue weighted by Gasteiger charge is -2.22. The van der Waals surface area contributed by atoms with Gasteiger partial charge in [-0.2, -0.15) is 0 Å². The zero-order valence-corrected chi connectivity index (χ0v) is 18.4. The monoisotopic (exact) mass is 437 g/mol. The Labute approximate surface area is 187 Å². The second-order valence-corrected chi connectivity index (χ2v) is 7.72. The van der Waals surface area contributed by atoms with E-state index in [4.69, 9.17) is 9.47 Å². The van der Waals surface area contributed by atoms with Gasteiger partial charge in [-0.3, -0.25) is 14.5 Å². The average molecular weight is 437 g/mol. The first-order valence-electron chi connectivity index (χ1n) is 10.3. The second-order valence-electron chi connectivity index (χ2n) is 7.72. The van der Waals surface area contributed by atoms with E-state index in [1.54, 1.807) is 55.5 Å². The highest BCUT2D eigenvalue weighted by atomic mass is 16.5. The molecule has 32 heavy (non-hydrogen) atoms. The molecule has 168 valence electrons. The summed E-state index contributed by atoms with van der Waals surface area (Å²) in [4.78, 5) is 38.9. The van der Waals surface area contributed by atoms with Gasteiger partial charge in [0, 0.05) is 5.69 Å². The normalized spacial score (nSPS) is 17.7. The van der Waals surface area contributed by atoms with Crippen molar-refractivity contribution in [3.8, 4) is 11.5 Å². The number of carbonyl (C=O) groups excluding carboxylic acids is 3. The van der Waals surface area contributed by atoms with Crippen molar-refractivity contribution in [2.45, 2.75) is 26.3 Å². The topological polar surface area (TPSA) is 97.0 Å². The zero-order chi connectivity index (χ0) is 23.3. The summed E-state index contributed by atoms with van der Waals surface area (Å²) in [7, 11) is 0. The van der Waals surface area contributed by atoms with Crippen LogP contribution >= 0.6 is 0 Å². The highest BCUT2D eigenvalue weighted by Crippen LogP contribution is 2.30. The van der Waals surface area contributed by atoms with Crippen LogP contribution in [0.25, 0.3) is 0 Å². The van der Waals surface area contributed by atoms with Crippen LogP contribution in [0.5, 0.6) is 11.5 Å². The van der Waals surface area contributed by atoms with Crippen LogP contribution in [-0.2, 0) is 15.1 Å². The van der Waals surface area contributed by atoms with E-state index in [0.29, 0.717) is 36.0 Å². The Morgan fingerprint density at radius 1 is 1.06 bits per heavy atom. The number of imide groups is 1. The van der Waals surface area contributed by atoms with Crippen LogP contribution in [0.2, 0.25) is 0 Å². The molecule has 0 aromatic heterocycles. The van der Waals surface area contributed by atoms with Crippen molar-refractivity contribution >= 4 is 23.5 Å². The van der Waals surface area contributed by atoms with Crippen LogP contribution in [0.3, 0.4) is 0 Å². The number of nitrogens with zero attached hydrogens (tertiary/aromatic N) is 1. The van der Waals surface area contributed by atoms with E-state index in [-0.39, 0.29) is 0 Å². The fraction of sp³-hybridized carbons (Fsp3) is 0.292. The van der Waals surface area contributed by atoms with Gasteiger partial charge in [0.1, 0.15) is 30.2 Å². The van der Waals surface area contributed by atoms with Crippen LogP contribution < -0.4 is 20.1 Å². The minimum absolute atomic E-state index is 0.392. The van der Waals surface area contributed by atoms with Crippen molar-refractivity contribution in [2.24, 2.45) is 0 Å². The minimum atomic E-state index is -1.27. The van der Waals surface area contributed by atoms with Crippen LogP contribution in [0, 0.1) is 0 Å². The molecule has 2 aromatic carbocycles. The second kappa shape index (κ2) is 9.55. The summed E-state index contributed by atoms with van der Waals surface area (Å²) in [6.07, 6.45) is 0. The number of rotatable bonds is 9. The third-order valence-corrected chi connectivity index (χ3v) is 4.94. The van der Waals surface area contributed by atoms with Gasteiger partial charge in [0.2, 0.25) is 5.91 Å². The number of anilines is 1. The molecule has 1 aliphatic heterocycles. The molecule has 1 atom stereocenters. The summed E-state index contributed by atoms with van der Waals surface area (Å²) in [6.45, 7) is 9.69. The predicted molar refractivity (Wildman–Crippen MR) is 121 cm³/mol. The molecule has 2 aromatic rings. The van der Waals surface area contributed by atoms with Crippen molar-refractivity contribution in [1.29, 1.82) is 0 Å². The highest BCUT2D eigenvalue weighted by Gasteiger charge is 2.49. The Morgan fingerprint density at radius 2 is 1.66 bits per heavy atom. The molecule has 0 aliphatic carbocycles. The molecular weight excluding hydrogens is 410 g/mol. The predicted octanol–water partition coefficient (Wildman–Crippen LogP) is 3.45. The first-order valence-corrected chi connectivity index (χ1v) is 10.3. The van der Waals surface area contributed by atoms with E-state index in [9.17, 15) is 14.4 Å². The molecule has 0 spiro atoms. The van der Waals surface area contributed by atoms with Crippen LogP contribution in [0.15, 0.2) is 60.7 Å². The Hall–Kier alpha value is -3.81. The standard InChI is InChI=1S/C24H27N3O5/c1-5-31-19-12-8-18(9-13-19)25-21(28)14-27-22(29)24(4,26-23(27)30)17-6-10-20(11-7-17)32-15-16(2)3/h6-13H,2,5,14-15H2,1,3-4H3,(H,25,28)(H,26,30). The molecule has 3 rings (SSSR count). The van der Waals surface area contributed by atoms with Crippen LogP contribution in [-0.4, -0.2) is 42.5 Å². The number of carbonyl (C=O) groups is 3. The maximum Gasteiger partial charge on any atom is 0.325 e. The summed E-state index contributed by atoms with van der Waals surface area (Å²) in [5, 5.41) is 5.38. The number of urea groups is 1. The van der Waals surface area contributed by atoms with Crippen LogP contribution in [0.4, 0.5) is 10.5 Å². The van der Waals surface area contributed by atoms with Gasteiger partial charge in [0.15, 0.2) is 0 Å². The van der Waals surface area contributed by atoms with Gasteiger partial charge in [-0.1, -0.05) is 18.7 Å². The molecule has 2 N–H and O–H groups in total. The molecule has 1 aliphatic rings. The van der Waals surface area contributed by atoms with Crippen LogP contribution in [0.1, 0.15) is 26.3 Å². The first kappa shape index (κ1) is 22.9. The van der Waals surface area contributed by atoms with Crippen molar-refractivity contribution in [3.05, 3.63) is 66.2 Å². The van der Waals surface area contributed by atoms with Crippen molar-refractivity contribution < 1.29 is 23.9 Å². The van der Waals surface area contributed by atoms with E-state index in [1.165, 1.54) is 0 Å². The molecule has 8 nitrogen and oxygen atoms in total. The zero-order valence-electron chi connectivity index (χ0n) is 18.4. The molecule has 0 saturated carbocycles. The number of hydrogen-bond donors (Lipinski definition) is 2. The molecule has 1 saturated heterocycles. The van der Waals surface area contributed by atoms with E-state index in [2.05, 4.69) is 17.2 Å². The van der Waals surface area contributed by atoms with Gasteiger partial charge in [-0.15, -0.1) is 0 Å².